The highest BCUT2D eigenvalue weighted by Gasteiger charge is 2.28. The number of aryl methyl sites for hydroxylation is 1. The van der Waals surface area contributed by atoms with Crippen LogP contribution in [0.1, 0.15) is 27.2 Å². The minimum absolute atomic E-state index is 0.0710. The molecule has 0 radical (unpaired) electrons. The molecule has 3 heterocycles. The van der Waals surface area contributed by atoms with E-state index in [-0.39, 0.29) is 23.3 Å². The van der Waals surface area contributed by atoms with Crippen molar-refractivity contribution >= 4 is 43.1 Å². The fraction of sp³-hybridized carbons (Fsp3) is 0.409. The van der Waals surface area contributed by atoms with Gasteiger partial charge in [-0.3, -0.25) is 4.79 Å². The van der Waals surface area contributed by atoms with E-state index in [1.807, 2.05) is 31.2 Å². The molecule has 2 aromatic heterocycles. The molecule has 3 aromatic rings. The molecule has 1 fully saturated rings. The summed E-state index contributed by atoms with van der Waals surface area (Å²) in [5, 5.41) is 7.08. The molecule has 0 bridgehead atoms. The smallest absolute Gasteiger partial charge is 0.261 e. The van der Waals surface area contributed by atoms with Gasteiger partial charge in [-0.1, -0.05) is 18.2 Å². The SMILES string of the molecule is COc1ccccc1CCNC(=O)c1sc2ncnc(NC[C@H]3CCS(=O)(=O)C3)c2c1C. The van der Waals surface area contributed by atoms with Gasteiger partial charge in [-0.2, -0.15) is 0 Å². The molecule has 170 valence electrons. The highest BCUT2D eigenvalue weighted by Crippen LogP contribution is 2.33. The van der Waals surface area contributed by atoms with Crippen LogP contribution < -0.4 is 15.4 Å². The summed E-state index contributed by atoms with van der Waals surface area (Å²) in [5.41, 5.74) is 1.86. The number of hydrogen-bond acceptors (Lipinski definition) is 8. The van der Waals surface area contributed by atoms with Gasteiger partial charge < -0.3 is 15.4 Å². The Morgan fingerprint density at radius 2 is 2.09 bits per heavy atom. The third-order valence-electron chi connectivity index (χ3n) is 5.69. The second-order valence-corrected chi connectivity index (χ2v) is 11.2. The third-order valence-corrected chi connectivity index (χ3v) is 8.73. The topological polar surface area (TPSA) is 110 Å². The minimum Gasteiger partial charge on any atom is -0.496 e. The molecule has 0 aliphatic carbocycles. The number of ether oxygens (including phenoxy) is 1. The normalized spacial score (nSPS) is 17.4. The lowest BCUT2D eigenvalue weighted by Crippen LogP contribution is -2.25. The van der Waals surface area contributed by atoms with Crippen LogP contribution in [0.4, 0.5) is 5.82 Å². The molecule has 1 aromatic carbocycles. The van der Waals surface area contributed by atoms with Crippen LogP contribution in [0.5, 0.6) is 5.75 Å². The van der Waals surface area contributed by atoms with Gasteiger partial charge in [-0.05, 0) is 42.9 Å². The molecular weight excluding hydrogens is 448 g/mol. The van der Waals surface area contributed by atoms with Crippen molar-refractivity contribution in [2.24, 2.45) is 5.92 Å². The van der Waals surface area contributed by atoms with Crippen LogP contribution in [0.25, 0.3) is 10.2 Å². The largest absolute Gasteiger partial charge is 0.496 e. The van der Waals surface area contributed by atoms with E-state index in [2.05, 4.69) is 20.6 Å². The van der Waals surface area contributed by atoms with Gasteiger partial charge in [0.25, 0.3) is 5.91 Å². The molecule has 1 amide bonds. The maximum absolute atomic E-state index is 12.9. The van der Waals surface area contributed by atoms with Crippen molar-refractivity contribution in [1.29, 1.82) is 0 Å². The number of para-hydroxylation sites is 1. The molecule has 1 saturated heterocycles. The number of anilines is 1. The zero-order valence-corrected chi connectivity index (χ0v) is 19.7. The number of amides is 1. The van der Waals surface area contributed by atoms with Gasteiger partial charge in [0.2, 0.25) is 0 Å². The Labute approximate surface area is 191 Å². The summed E-state index contributed by atoms with van der Waals surface area (Å²) in [4.78, 5) is 22.9. The number of rotatable bonds is 8. The first-order chi connectivity index (χ1) is 15.4. The van der Waals surface area contributed by atoms with Gasteiger partial charge in [-0.15, -0.1) is 11.3 Å². The number of methoxy groups -OCH3 is 1. The van der Waals surface area contributed by atoms with Crippen molar-refractivity contribution in [3.8, 4) is 5.75 Å². The van der Waals surface area contributed by atoms with Gasteiger partial charge >= 0.3 is 0 Å². The summed E-state index contributed by atoms with van der Waals surface area (Å²) in [6.45, 7) is 2.91. The van der Waals surface area contributed by atoms with E-state index in [9.17, 15) is 13.2 Å². The number of fused-ring (bicyclic) bond motifs is 1. The van der Waals surface area contributed by atoms with E-state index in [0.717, 1.165) is 27.1 Å². The van der Waals surface area contributed by atoms with Gasteiger partial charge in [0.1, 0.15) is 22.7 Å². The van der Waals surface area contributed by atoms with Crippen molar-refractivity contribution in [1.82, 2.24) is 15.3 Å². The van der Waals surface area contributed by atoms with E-state index in [0.29, 0.717) is 36.6 Å². The van der Waals surface area contributed by atoms with Crippen molar-refractivity contribution in [3.05, 3.63) is 46.6 Å². The average Bonchev–Trinajstić information content (AvgIpc) is 3.31. The molecular formula is C22H26N4O4S2. The summed E-state index contributed by atoms with van der Waals surface area (Å²) in [6, 6.07) is 7.75. The van der Waals surface area contributed by atoms with E-state index < -0.39 is 9.84 Å². The van der Waals surface area contributed by atoms with Crippen LogP contribution in [-0.2, 0) is 16.3 Å². The number of carbonyl (C=O) groups excluding carboxylic acids is 1. The average molecular weight is 475 g/mol. The monoisotopic (exact) mass is 474 g/mol. The lowest BCUT2D eigenvalue weighted by Gasteiger charge is -2.11. The van der Waals surface area contributed by atoms with E-state index >= 15 is 0 Å². The predicted molar refractivity (Wildman–Crippen MR) is 126 cm³/mol. The maximum atomic E-state index is 12.9. The number of nitrogens with zero attached hydrogens (tertiary/aromatic N) is 2. The quantitative estimate of drug-likeness (QED) is 0.516. The zero-order chi connectivity index (χ0) is 22.7. The van der Waals surface area contributed by atoms with Gasteiger partial charge in [0, 0.05) is 13.1 Å². The van der Waals surface area contributed by atoms with E-state index in [1.54, 1.807) is 7.11 Å². The van der Waals surface area contributed by atoms with Crippen molar-refractivity contribution in [2.45, 2.75) is 19.8 Å². The Kier molecular flexibility index (Phi) is 6.61. The summed E-state index contributed by atoms with van der Waals surface area (Å²) < 4.78 is 28.8. The Morgan fingerprint density at radius 3 is 2.84 bits per heavy atom. The highest BCUT2D eigenvalue weighted by atomic mass is 32.2. The lowest BCUT2D eigenvalue weighted by atomic mass is 10.1. The van der Waals surface area contributed by atoms with Crippen molar-refractivity contribution < 1.29 is 17.9 Å². The number of nitrogens with one attached hydrogen (secondary N) is 2. The summed E-state index contributed by atoms with van der Waals surface area (Å²) in [5.74, 6) is 1.82. The number of thiophene rings is 1. The van der Waals surface area contributed by atoms with Crippen molar-refractivity contribution in [2.75, 3.05) is 37.0 Å². The zero-order valence-electron chi connectivity index (χ0n) is 18.1. The van der Waals surface area contributed by atoms with Crippen LogP contribution in [0.2, 0.25) is 0 Å². The molecule has 10 heteroatoms. The number of carbonyl (C=O) groups is 1. The van der Waals surface area contributed by atoms with Crippen LogP contribution in [0, 0.1) is 12.8 Å². The number of aromatic nitrogens is 2. The second kappa shape index (κ2) is 9.41. The molecule has 8 nitrogen and oxygen atoms in total. The van der Waals surface area contributed by atoms with Crippen LogP contribution in [-0.4, -0.2) is 56.0 Å². The van der Waals surface area contributed by atoms with E-state index in [1.165, 1.54) is 17.7 Å². The highest BCUT2D eigenvalue weighted by molar-refractivity contribution is 7.91. The van der Waals surface area contributed by atoms with Gasteiger partial charge in [0.05, 0.1) is 28.9 Å². The van der Waals surface area contributed by atoms with Crippen LogP contribution in [0.15, 0.2) is 30.6 Å². The maximum Gasteiger partial charge on any atom is 0.261 e. The van der Waals surface area contributed by atoms with Crippen molar-refractivity contribution in [3.63, 3.8) is 0 Å². The molecule has 4 rings (SSSR count). The molecule has 32 heavy (non-hydrogen) atoms. The second-order valence-electron chi connectivity index (χ2n) is 7.93. The molecule has 1 aliphatic heterocycles. The summed E-state index contributed by atoms with van der Waals surface area (Å²) in [7, 11) is -1.29. The number of sulfone groups is 1. The first-order valence-electron chi connectivity index (χ1n) is 10.5. The molecule has 0 spiro atoms. The minimum atomic E-state index is -2.92. The predicted octanol–water partition coefficient (Wildman–Crippen LogP) is 2.83. The fourth-order valence-electron chi connectivity index (χ4n) is 4.00. The number of hydrogen-bond donors (Lipinski definition) is 2. The third kappa shape index (κ3) is 4.86. The first-order valence-corrected chi connectivity index (χ1v) is 13.1. The molecule has 0 unspecified atom stereocenters. The fourth-order valence-corrected chi connectivity index (χ4v) is 6.92. The molecule has 1 atom stereocenters. The molecule has 1 aliphatic rings. The Bertz CT molecular complexity index is 1240. The molecule has 2 N–H and O–H groups in total. The summed E-state index contributed by atoms with van der Waals surface area (Å²) in [6.07, 6.45) is 2.79. The Balaban J connectivity index is 1.44. The van der Waals surface area contributed by atoms with Crippen LogP contribution in [0.3, 0.4) is 0 Å². The standard InChI is InChI=1S/C22H26N4O4S2/c1-14-18-20(24-11-15-8-10-32(28,29)12-15)25-13-26-22(18)31-19(14)21(27)23-9-7-16-5-3-4-6-17(16)30-2/h3-6,13,15H,7-12H2,1-2H3,(H,23,27)(H,24,25,26)/t15-/m1/s1. The lowest BCUT2D eigenvalue weighted by molar-refractivity contribution is 0.0957. The first kappa shape index (κ1) is 22.5. The number of benzene rings is 1. The van der Waals surface area contributed by atoms with Gasteiger partial charge in [-0.25, -0.2) is 18.4 Å². The van der Waals surface area contributed by atoms with Gasteiger partial charge in [0.15, 0.2) is 9.84 Å². The summed E-state index contributed by atoms with van der Waals surface area (Å²) >= 11 is 1.33. The van der Waals surface area contributed by atoms with E-state index in [4.69, 9.17) is 4.74 Å². The van der Waals surface area contributed by atoms with Crippen LogP contribution >= 0.6 is 11.3 Å². The molecule has 0 saturated carbocycles. The Hall–Kier alpha value is -2.72. The Morgan fingerprint density at radius 1 is 1.28 bits per heavy atom.